The highest BCUT2D eigenvalue weighted by atomic mass is 19.1. The lowest BCUT2D eigenvalue weighted by Gasteiger charge is -2.37. The van der Waals surface area contributed by atoms with Crippen molar-refractivity contribution in [3.05, 3.63) is 89.5 Å². The standard InChI is InChI=1S/C27H28F2N2O3/c1-33-23-10-11-25(26(14-23)34-2)30-27(32)21-12-20(18-6-4-3-5-7-18)16-31(17-21)15-19-8-9-22(28)13-24(19)29/h3-11,13-14,20-21H,12,15-17H2,1-2H3,(H,30,32)/t20-,21+/m1/s1. The van der Waals surface area contributed by atoms with Crippen molar-refractivity contribution in [2.45, 2.75) is 18.9 Å². The minimum atomic E-state index is -0.604. The van der Waals surface area contributed by atoms with Gasteiger partial charge in [0, 0.05) is 37.3 Å². The Labute approximate surface area is 198 Å². The number of hydrogen-bond acceptors (Lipinski definition) is 4. The molecule has 0 spiro atoms. The van der Waals surface area contributed by atoms with Gasteiger partial charge in [-0.2, -0.15) is 0 Å². The van der Waals surface area contributed by atoms with Gasteiger partial charge in [-0.3, -0.25) is 9.69 Å². The van der Waals surface area contributed by atoms with Crippen LogP contribution >= 0.6 is 0 Å². The number of ether oxygens (including phenoxy) is 2. The lowest BCUT2D eigenvalue weighted by Crippen LogP contribution is -2.43. The van der Waals surface area contributed by atoms with E-state index in [4.69, 9.17) is 9.47 Å². The van der Waals surface area contributed by atoms with Crippen LogP contribution in [0.15, 0.2) is 66.7 Å². The van der Waals surface area contributed by atoms with Gasteiger partial charge in [0.15, 0.2) is 0 Å². The maximum Gasteiger partial charge on any atom is 0.228 e. The Bertz CT molecular complexity index is 1140. The van der Waals surface area contributed by atoms with Gasteiger partial charge in [-0.15, -0.1) is 0 Å². The van der Waals surface area contributed by atoms with Gasteiger partial charge in [0.25, 0.3) is 0 Å². The molecule has 1 saturated heterocycles. The minimum Gasteiger partial charge on any atom is -0.497 e. The predicted octanol–water partition coefficient (Wildman–Crippen LogP) is 5.23. The van der Waals surface area contributed by atoms with Crippen molar-refractivity contribution in [1.82, 2.24) is 4.90 Å². The molecule has 0 bridgehead atoms. The number of nitrogens with one attached hydrogen (secondary N) is 1. The first-order valence-electron chi connectivity index (χ1n) is 11.2. The molecule has 3 aromatic carbocycles. The Morgan fingerprint density at radius 2 is 1.79 bits per heavy atom. The number of hydrogen-bond donors (Lipinski definition) is 1. The van der Waals surface area contributed by atoms with Crippen LogP contribution in [0.3, 0.4) is 0 Å². The van der Waals surface area contributed by atoms with E-state index in [1.807, 2.05) is 30.3 Å². The molecule has 0 unspecified atom stereocenters. The highest BCUT2D eigenvalue weighted by Gasteiger charge is 2.33. The zero-order valence-electron chi connectivity index (χ0n) is 19.3. The highest BCUT2D eigenvalue weighted by molar-refractivity contribution is 5.94. The van der Waals surface area contributed by atoms with Gasteiger partial charge in [-0.25, -0.2) is 8.78 Å². The van der Waals surface area contributed by atoms with Gasteiger partial charge in [0.05, 0.1) is 25.8 Å². The van der Waals surface area contributed by atoms with Crippen molar-refractivity contribution in [3.8, 4) is 11.5 Å². The number of anilines is 1. The maximum atomic E-state index is 14.3. The Balaban J connectivity index is 1.55. The van der Waals surface area contributed by atoms with E-state index < -0.39 is 11.6 Å². The highest BCUT2D eigenvalue weighted by Crippen LogP contribution is 2.34. The number of carbonyl (C=O) groups excluding carboxylic acids is 1. The molecule has 4 rings (SSSR count). The number of piperidine rings is 1. The van der Waals surface area contributed by atoms with Gasteiger partial charge in [-0.1, -0.05) is 36.4 Å². The van der Waals surface area contributed by atoms with Crippen LogP contribution < -0.4 is 14.8 Å². The molecule has 178 valence electrons. The molecule has 1 amide bonds. The molecule has 0 aromatic heterocycles. The summed E-state index contributed by atoms with van der Waals surface area (Å²) in [6.07, 6.45) is 0.663. The summed E-state index contributed by atoms with van der Waals surface area (Å²) in [5.41, 5.74) is 2.10. The number of benzene rings is 3. The molecule has 3 aromatic rings. The van der Waals surface area contributed by atoms with Gasteiger partial charge < -0.3 is 14.8 Å². The van der Waals surface area contributed by atoms with Crippen molar-refractivity contribution in [1.29, 1.82) is 0 Å². The zero-order chi connectivity index (χ0) is 24.1. The number of methoxy groups -OCH3 is 2. The first-order valence-corrected chi connectivity index (χ1v) is 11.2. The number of amides is 1. The van der Waals surface area contributed by atoms with Crippen molar-refractivity contribution in [3.63, 3.8) is 0 Å². The van der Waals surface area contributed by atoms with Crippen LogP contribution in [0.1, 0.15) is 23.5 Å². The van der Waals surface area contributed by atoms with Gasteiger partial charge in [0.2, 0.25) is 5.91 Å². The van der Waals surface area contributed by atoms with E-state index in [0.717, 1.165) is 11.6 Å². The van der Waals surface area contributed by atoms with Crippen molar-refractivity contribution >= 4 is 11.6 Å². The quantitative estimate of drug-likeness (QED) is 0.518. The maximum absolute atomic E-state index is 14.3. The summed E-state index contributed by atoms with van der Waals surface area (Å²) in [6.45, 7) is 1.44. The van der Waals surface area contributed by atoms with Crippen LogP contribution in [0.2, 0.25) is 0 Å². The van der Waals surface area contributed by atoms with E-state index in [0.29, 0.717) is 48.8 Å². The zero-order valence-corrected chi connectivity index (χ0v) is 19.3. The number of rotatable bonds is 7. The average molecular weight is 467 g/mol. The molecule has 5 nitrogen and oxygen atoms in total. The second kappa shape index (κ2) is 10.7. The number of nitrogens with zero attached hydrogens (tertiary/aromatic N) is 1. The smallest absolute Gasteiger partial charge is 0.228 e. The van der Waals surface area contributed by atoms with Crippen molar-refractivity contribution in [2.24, 2.45) is 5.92 Å². The molecule has 0 radical (unpaired) electrons. The van der Waals surface area contributed by atoms with Gasteiger partial charge in [0.1, 0.15) is 23.1 Å². The van der Waals surface area contributed by atoms with Gasteiger partial charge >= 0.3 is 0 Å². The number of carbonyl (C=O) groups is 1. The lowest BCUT2D eigenvalue weighted by molar-refractivity contribution is -0.121. The van der Waals surface area contributed by atoms with E-state index in [1.54, 1.807) is 25.3 Å². The van der Waals surface area contributed by atoms with E-state index in [-0.39, 0.29) is 17.7 Å². The Kier molecular flexibility index (Phi) is 7.43. The Morgan fingerprint density at radius 1 is 1.00 bits per heavy atom. The van der Waals surface area contributed by atoms with Crippen LogP contribution in [0.25, 0.3) is 0 Å². The fourth-order valence-electron chi connectivity index (χ4n) is 4.50. The third-order valence-electron chi connectivity index (χ3n) is 6.24. The average Bonchev–Trinajstić information content (AvgIpc) is 2.86. The molecule has 7 heteroatoms. The second-order valence-corrected chi connectivity index (χ2v) is 8.53. The molecule has 0 aliphatic carbocycles. The summed E-state index contributed by atoms with van der Waals surface area (Å²) in [5, 5.41) is 2.99. The third-order valence-corrected chi connectivity index (χ3v) is 6.24. The molecular weight excluding hydrogens is 438 g/mol. The van der Waals surface area contributed by atoms with Crippen LogP contribution in [0.4, 0.5) is 14.5 Å². The van der Waals surface area contributed by atoms with Crippen LogP contribution in [0, 0.1) is 17.6 Å². The fourth-order valence-corrected chi connectivity index (χ4v) is 4.50. The summed E-state index contributed by atoms with van der Waals surface area (Å²) in [5.74, 6) is -0.397. The van der Waals surface area contributed by atoms with Crippen LogP contribution in [-0.4, -0.2) is 38.1 Å². The molecule has 1 heterocycles. The number of likely N-dealkylation sites (tertiary alicyclic amines) is 1. The predicted molar refractivity (Wildman–Crippen MR) is 127 cm³/mol. The molecule has 2 atom stereocenters. The number of halogens is 2. The molecule has 1 fully saturated rings. The fraction of sp³-hybridized carbons (Fsp3) is 0.296. The molecule has 1 aliphatic heterocycles. The summed E-state index contributed by atoms with van der Waals surface area (Å²) in [7, 11) is 3.10. The lowest BCUT2D eigenvalue weighted by atomic mass is 9.83. The molecular formula is C27H28F2N2O3. The summed E-state index contributed by atoms with van der Waals surface area (Å²) in [4.78, 5) is 15.4. The molecule has 1 aliphatic rings. The van der Waals surface area contributed by atoms with Crippen molar-refractivity contribution in [2.75, 3.05) is 32.6 Å². The van der Waals surface area contributed by atoms with Crippen LogP contribution in [0.5, 0.6) is 11.5 Å². The van der Waals surface area contributed by atoms with E-state index in [1.165, 1.54) is 19.2 Å². The minimum absolute atomic E-state index is 0.104. The first-order chi connectivity index (χ1) is 16.5. The van der Waals surface area contributed by atoms with Gasteiger partial charge in [-0.05, 0) is 36.1 Å². The second-order valence-electron chi connectivity index (χ2n) is 8.53. The van der Waals surface area contributed by atoms with E-state index >= 15 is 0 Å². The summed E-state index contributed by atoms with van der Waals surface area (Å²) < 4.78 is 38.4. The first kappa shape index (κ1) is 23.7. The monoisotopic (exact) mass is 466 g/mol. The largest absolute Gasteiger partial charge is 0.497 e. The Morgan fingerprint density at radius 3 is 2.50 bits per heavy atom. The third kappa shape index (κ3) is 5.54. The summed E-state index contributed by atoms with van der Waals surface area (Å²) >= 11 is 0. The van der Waals surface area contributed by atoms with Crippen LogP contribution in [-0.2, 0) is 11.3 Å². The normalized spacial score (nSPS) is 18.4. The topological polar surface area (TPSA) is 50.8 Å². The SMILES string of the molecule is COc1ccc(NC(=O)[C@H]2C[C@@H](c3ccccc3)CN(Cc3ccc(F)cc3F)C2)c(OC)c1. The van der Waals surface area contributed by atoms with Crippen molar-refractivity contribution < 1.29 is 23.0 Å². The molecule has 34 heavy (non-hydrogen) atoms. The summed E-state index contributed by atoms with van der Waals surface area (Å²) in [6, 6.07) is 18.9. The molecule has 1 N–H and O–H groups in total. The Hall–Kier alpha value is -3.45. The molecule has 0 saturated carbocycles. The van der Waals surface area contributed by atoms with E-state index in [2.05, 4.69) is 10.2 Å². The van der Waals surface area contributed by atoms with E-state index in [9.17, 15) is 13.6 Å².